The average molecular weight is 327 g/mol. The Hall–Kier alpha value is -1.88. The molecule has 0 unspecified atom stereocenters. The summed E-state index contributed by atoms with van der Waals surface area (Å²) >= 11 is 1.62. The van der Waals surface area contributed by atoms with Crippen LogP contribution >= 0.6 is 11.3 Å². The van der Waals surface area contributed by atoms with Crippen molar-refractivity contribution < 1.29 is 4.79 Å². The first-order chi connectivity index (χ1) is 11.3. The van der Waals surface area contributed by atoms with Gasteiger partial charge in [0.05, 0.1) is 12.1 Å². The number of nitrogens with one attached hydrogen (secondary N) is 2. The summed E-state index contributed by atoms with van der Waals surface area (Å²) in [5, 5.41) is 9.33. The fraction of sp³-hybridized carbons (Fsp3) is 0.444. The van der Waals surface area contributed by atoms with Crippen LogP contribution in [0.3, 0.4) is 0 Å². The van der Waals surface area contributed by atoms with E-state index in [2.05, 4.69) is 39.9 Å². The highest BCUT2D eigenvalue weighted by molar-refractivity contribution is 7.09. The first-order valence-corrected chi connectivity index (χ1v) is 9.23. The number of benzene rings is 1. The van der Waals surface area contributed by atoms with Crippen LogP contribution in [0.1, 0.15) is 53.9 Å². The third kappa shape index (κ3) is 3.24. The van der Waals surface area contributed by atoms with Gasteiger partial charge >= 0.3 is 6.03 Å². The summed E-state index contributed by atoms with van der Waals surface area (Å²) in [6.45, 7) is 0. The van der Waals surface area contributed by atoms with Gasteiger partial charge in [0.25, 0.3) is 0 Å². The molecule has 4 rings (SSSR count). The van der Waals surface area contributed by atoms with Crippen LogP contribution < -0.4 is 10.6 Å². The number of fused-ring (bicyclic) bond motifs is 1. The van der Waals surface area contributed by atoms with Crippen LogP contribution in [0.4, 0.5) is 4.79 Å². The molecule has 1 heterocycles. The molecule has 4 nitrogen and oxygen atoms in total. The fourth-order valence-electron chi connectivity index (χ4n) is 3.44. The minimum absolute atomic E-state index is 0.0637. The van der Waals surface area contributed by atoms with E-state index >= 15 is 0 Å². The van der Waals surface area contributed by atoms with Gasteiger partial charge in [-0.15, -0.1) is 11.3 Å². The van der Waals surface area contributed by atoms with Crippen LogP contribution in [0.15, 0.2) is 35.8 Å². The molecule has 23 heavy (non-hydrogen) atoms. The van der Waals surface area contributed by atoms with Gasteiger partial charge in [0.2, 0.25) is 0 Å². The van der Waals surface area contributed by atoms with E-state index in [1.807, 2.05) is 11.6 Å². The van der Waals surface area contributed by atoms with E-state index in [0.717, 1.165) is 24.3 Å². The van der Waals surface area contributed by atoms with E-state index in [9.17, 15) is 4.79 Å². The second-order valence-corrected chi connectivity index (χ2v) is 7.37. The highest BCUT2D eigenvalue weighted by Gasteiger charge is 2.35. The molecule has 5 heteroatoms. The molecule has 1 saturated carbocycles. The Labute approximate surface area is 140 Å². The zero-order valence-electron chi connectivity index (χ0n) is 13.0. The van der Waals surface area contributed by atoms with E-state index in [1.54, 1.807) is 11.3 Å². The van der Waals surface area contributed by atoms with Crippen molar-refractivity contribution in [3.8, 4) is 0 Å². The van der Waals surface area contributed by atoms with E-state index in [4.69, 9.17) is 0 Å². The van der Waals surface area contributed by atoms with Crippen molar-refractivity contribution >= 4 is 17.4 Å². The third-order valence-corrected chi connectivity index (χ3v) is 5.63. The van der Waals surface area contributed by atoms with E-state index in [0.29, 0.717) is 5.92 Å². The molecule has 1 fully saturated rings. The quantitative estimate of drug-likeness (QED) is 0.893. The highest BCUT2D eigenvalue weighted by Crippen LogP contribution is 2.41. The zero-order valence-corrected chi connectivity index (χ0v) is 13.8. The summed E-state index contributed by atoms with van der Waals surface area (Å²) in [7, 11) is 0. The summed E-state index contributed by atoms with van der Waals surface area (Å²) in [6, 6.07) is 8.55. The molecular weight excluding hydrogens is 306 g/mol. The van der Waals surface area contributed by atoms with Gasteiger partial charge in [0.15, 0.2) is 0 Å². The SMILES string of the molecule is O=C(N[C@H](c1nccs1)C1CC1)N[C@@H]1CCCc2ccccc21. The zero-order chi connectivity index (χ0) is 15.6. The average Bonchev–Trinajstić information content (AvgIpc) is 3.27. The summed E-state index contributed by atoms with van der Waals surface area (Å²) in [4.78, 5) is 16.9. The number of nitrogens with zero attached hydrogens (tertiary/aromatic N) is 1. The van der Waals surface area contributed by atoms with Gasteiger partial charge < -0.3 is 10.6 Å². The van der Waals surface area contributed by atoms with Crippen LogP contribution in [-0.4, -0.2) is 11.0 Å². The van der Waals surface area contributed by atoms with Gasteiger partial charge in [-0.25, -0.2) is 9.78 Å². The maximum atomic E-state index is 12.5. The molecule has 0 saturated heterocycles. The topological polar surface area (TPSA) is 54.0 Å². The lowest BCUT2D eigenvalue weighted by molar-refractivity contribution is 0.230. The third-order valence-electron chi connectivity index (χ3n) is 4.77. The molecule has 0 spiro atoms. The van der Waals surface area contributed by atoms with E-state index in [-0.39, 0.29) is 18.1 Å². The largest absolute Gasteiger partial charge is 0.331 e. The predicted octanol–water partition coefficient (Wildman–Crippen LogP) is 3.97. The standard InChI is InChI=1S/C18H21N3OS/c22-18(21-16(13-8-9-13)17-19-10-11-23-17)20-15-7-3-5-12-4-1-2-6-14(12)15/h1-2,4,6,10-11,13,15-16H,3,5,7-9H2,(H2,20,21,22)/t15-,16+/m1/s1. The molecule has 2 aliphatic rings. The Kier molecular flexibility index (Phi) is 4.04. The number of urea groups is 1. The van der Waals surface area contributed by atoms with E-state index < -0.39 is 0 Å². The molecule has 0 bridgehead atoms. The lowest BCUT2D eigenvalue weighted by atomic mass is 9.88. The number of thiazole rings is 1. The summed E-state index contributed by atoms with van der Waals surface area (Å²) in [5.41, 5.74) is 2.63. The highest BCUT2D eigenvalue weighted by atomic mass is 32.1. The van der Waals surface area contributed by atoms with Crippen molar-refractivity contribution in [2.45, 2.75) is 44.2 Å². The first-order valence-electron chi connectivity index (χ1n) is 8.35. The molecule has 2 aliphatic carbocycles. The van der Waals surface area contributed by atoms with Crippen LogP contribution in [0, 0.1) is 5.92 Å². The van der Waals surface area contributed by atoms with Crippen LogP contribution in [-0.2, 0) is 6.42 Å². The molecule has 2 aromatic rings. The second kappa shape index (κ2) is 6.32. The lowest BCUT2D eigenvalue weighted by Gasteiger charge is -2.27. The van der Waals surface area contributed by atoms with Crippen molar-refractivity contribution in [3.05, 3.63) is 52.0 Å². The number of amides is 2. The molecule has 0 radical (unpaired) electrons. The molecule has 120 valence electrons. The molecule has 2 atom stereocenters. The van der Waals surface area contributed by atoms with Crippen molar-refractivity contribution in [1.29, 1.82) is 0 Å². The number of carbonyl (C=O) groups is 1. The van der Waals surface area contributed by atoms with Gasteiger partial charge in [-0.1, -0.05) is 24.3 Å². The maximum Gasteiger partial charge on any atom is 0.315 e. The van der Waals surface area contributed by atoms with Gasteiger partial charge in [-0.2, -0.15) is 0 Å². The second-order valence-electron chi connectivity index (χ2n) is 6.45. The predicted molar refractivity (Wildman–Crippen MR) is 91.4 cm³/mol. The van der Waals surface area contributed by atoms with Gasteiger partial charge in [-0.05, 0) is 49.1 Å². The molecule has 2 amide bonds. The first kappa shape index (κ1) is 14.7. The van der Waals surface area contributed by atoms with E-state index in [1.165, 1.54) is 24.0 Å². The van der Waals surface area contributed by atoms with Crippen molar-refractivity contribution in [2.75, 3.05) is 0 Å². The molecule has 0 aliphatic heterocycles. The molecular formula is C18H21N3OS. The number of rotatable bonds is 4. The summed E-state index contributed by atoms with van der Waals surface area (Å²) in [5.74, 6) is 0.547. The Morgan fingerprint density at radius 1 is 1.26 bits per heavy atom. The number of hydrogen-bond donors (Lipinski definition) is 2. The van der Waals surface area contributed by atoms with Crippen molar-refractivity contribution in [1.82, 2.24) is 15.6 Å². The Bertz CT molecular complexity index is 681. The van der Waals surface area contributed by atoms with Crippen molar-refractivity contribution in [2.24, 2.45) is 5.92 Å². The lowest BCUT2D eigenvalue weighted by Crippen LogP contribution is -2.41. The molecule has 1 aromatic carbocycles. The number of aryl methyl sites for hydroxylation is 1. The number of hydrogen-bond acceptors (Lipinski definition) is 3. The smallest absolute Gasteiger partial charge is 0.315 e. The molecule has 1 aromatic heterocycles. The van der Waals surface area contributed by atoms with Gasteiger partial charge in [-0.3, -0.25) is 0 Å². The van der Waals surface area contributed by atoms with Crippen LogP contribution in [0.5, 0.6) is 0 Å². The minimum Gasteiger partial charge on any atom is -0.331 e. The van der Waals surface area contributed by atoms with Crippen LogP contribution in [0.25, 0.3) is 0 Å². The maximum absolute atomic E-state index is 12.5. The van der Waals surface area contributed by atoms with Crippen LogP contribution in [0.2, 0.25) is 0 Å². The Morgan fingerprint density at radius 2 is 2.13 bits per heavy atom. The normalized spacial score (nSPS) is 21.3. The Morgan fingerprint density at radius 3 is 2.91 bits per heavy atom. The number of carbonyl (C=O) groups excluding carboxylic acids is 1. The number of aromatic nitrogens is 1. The minimum atomic E-state index is -0.0706. The van der Waals surface area contributed by atoms with Crippen molar-refractivity contribution in [3.63, 3.8) is 0 Å². The Balaban J connectivity index is 1.44. The molecule has 2 N–H and O–H groups in total. The fourth-order valence-corrected chi connectivity index (χ4v) is 4.22. The summed E-state index contributed by atoms with van der Waals surface area (Å²) < 4.78 is 0. The monoisotopic (exact) mass is 327 g/mol. The summed E-state index contributed by atoms with van der Waals surface area (Å²) in [6.07, 6.45) is 7.41. The van der Waals surface area contributed by atoms with Gasteiger partial charge in [0, 0.05) is 11.6 Å². The van der Waals surface area contributed by atoms with Gasteiger partial charge in [0.1, 0.15) is 5.01 Å².